The molecule has 0 rings (SSSR count). The molecule has 0 aromatic carbocycles. The lowest BCUT2D eigenvalue weighted by atomic mass is 10.0. The van der Waals surface area contributed by atoms with Crippen molar-refractivity contribution in [3.05, 3.63) is 0 Å². The van der Waals surface area contributed by atoms with Crippen LogP contribution in [-0.2, 0) is 9.09 Å². The van der Waals surface area contributed by atoms with Gasteiger partial charge in [0, 0.05) is 0 Å². The fourth-order valence-corrected chi connectivity index (χ4v) is 3.39. The molecule has 0 heterocycles. The van der Waals surface area contributed by atoms with Crippen molar-refractivity contribution in [1.29, 1.82) is 0 Å². The molecule has 0 aromatic heterocycles. The molecule has 0 aliphatic rings. The van der Waals surface area contributed by atoms with Crippen LogP contribution in [0, 0.1) is 0 Å². The zero-order valence-corrected chi connectivity index (χ0v) is 17.2. The van der Waals surface area contributed by atoms with Crippen LogP contribution < -0.4 is 5.73 Å². The molecule has 0 saturated heterocycles. The Balaban J connectivity index is 3.47. The highest BCUT2D eigenvalue weighted by Gasteiger charge is 2.29. The first-order chi connectivity index (χ1) is 12.3. The van der Waals surface area contributed by atoms with Crippen LogP contribution in [0.1, 0.15) is 96.8 Å². The molecule has 158 valence electrons. The molecule has 3 atom stereocenters. The van der Waals surface area contributed by atoms with E-state index in [0.29, 0.717) is 6.42 Å². The average molecular weight is 397 g/mol. The van der Waals surface area contributed by atoms with Crippen LogP contribution in [0.4, 0.5) is 0 Å². The lowest BCUT2D eigenvalue weighted by Crippen LogP contribution is -2.45. The largest absolute Gasteiger partial charge is 0.471 e. The molecule has 0 saturated carbocycles. The molecule has 0 aromatic rings. The maximum absolute atomic E-state index is 10.6. The van der Waals surface area contributed by atoms with Crippen LogP contribution in [0.25, 0.3) is 0 Å². The first-order valence-corrected chi connectivity index (χ1v) is 11.7. The number of aliphatic hydroxyl groups excluding tert-OH is 2. The zero-order valence-electron chi connectivity index (χ0n) is 16.3. The Hall–Kier alpha value is -0.0100. The number of aliphatic hydroxyl groups is 2. The van der Waals surface area contributed by atoms with Gasteiger partial charge in [0.1, 0.15) is 0 Å². The van der Waals surface area contributed by atoms with Gasteiger partial charge in [-0.25, -0.2) is 4.57 Å². The van der Waals surface area contributed by atoms with Gasteiger partial charge < -0.3 is 25.7 Å². The van der Waals surface area contributed by atoms with Crippen LogP contribution in [0.3, 0.4) is 0 Å². The van der Waals surface area contributed by atoms with Gasteiger partial charge in [0.25, 0.3) is 0 Å². The SMILES string of the molecule is CCCCCCCCCCCCCCC[C@@H](O)[C@H](N)C(O)OP(=O)(O)O. The molecule has 1 unspecified atom stereocenters. The van der Waals surface area contributed by atoms with E-state index in [4.69, 9.17) is 15.5 Å². The van der Waals surface area contributed by atoms with E-state index in [1.54, 1.807) is 0 Å². The summed E-state index contributed by atoms with van der Waals surface area (Å²) in [6.45, 7) is 2.24. The van der Waals surface area contributed by atoms with Gasteiger partial charge in [0.2, 0.25) is 0 Å². The predicted molar refractivity (Wildman–Crippen MR) is 103 cm³/mol. The lowest BCUT2D eigenvalue weighted by molar-refractivity contribution is -0.0813. The third kappa shape index (κ3) is 16.2. The third-order valence-corrected chi connectivity index (χ3v) is 5.11. The minimum absolute atomic E-state index is 0.376. The number of nitrogens with two attached hydrogens (primary N) is 1. The van der Waals surface area contributed by atoms with Crippen molar-refractivity contribution in [2.45, 2.75) is 115 Å². The Labute approximate surface area is 158 Å². The summed E-state index contributed by atoms with van der Waals surface area (Å²) in [6, 6.07) is -1.24. The number of phosphoric ester groups is 1. The lowest BCUT2D eigenvalue weighted by Gasteiger charge is -2.23. The van der Waals surface area contributed by atoms with Crippen molar-refractivity contribution in [3.63, 3.8) is 0 Å². The summed E-state index contributed by atoms with van der Waals surface area (Å²) in [6.07, 6.45) is 13.4. The summed E-state index contributed by atoms with van der Waals surface area (Å²) in [5.41, 5.74) is 5.55. The van der Waals surface area contributed by atoms with Crippen molar-refractivity contribution in [3.8, 4) is 0 Å². The second kappa shape index (κ2) is 16.0. The Morgan fingerprint density at radius 2 is 1.19 bits per heavy atom. The van der Waals surface area contributed by atoms with Gasteiger partial charge in [0.05, 0.1) is 12.1 Å². The molecule has 0 bridgehead atoms. The number of hydrogen-bond donors (Lipinski definition) is 5. The van der Waals surface area contributed by atoms with Crippen LogP contribution in [0.2, 0.25) is 0 Å². The molecule has 7 nitrogen and oxygen atoms in total. The van der Waals surface area contributed by atoms with Gasteiger partial charge in [-0.2, -0.15) is 0 Å². The van der Waals surface area contributed by atoms with Crippen molar-refractivity contribution >= 4 is 7.82 Å². The standard InChI is InChI=1S/C18H40NO6P/c1-2-3-4-5-6-7-8-9-10-11-12-13-14-15-16(20)17(19)18(21)25-26(22,23)24/h16-18,20-21H,2-15,19H2,1H3,(H2,22,23,24)/t16-,17+,18?/m1/s1. The van der Waals surface area contributed by atoms with Crippen molar-refractivity contribution in [2.24, 2.45) is 5.73 Å². The van der Waals surface area contributed by atoms with E-state index in [-0.39, 0.29) is 0 Å². The van der Waals surface area contributed by atoms with E-state index in [1.165, 1.54) is 64.2 Å². The van der Waals surface area contributed by atoms with E-state index >= 15 is 0 Å². The molecule has 0 aliphatic heterocycles. The fraction of sp³-hybridized carbons (Fsp3) is 1.00. The number of phosphoric acid groups is 1. The number of rotatable bonds is 18. The van der Waals surface area contributed by atoms with E-state index in [1.807, 2.05) is 0 Å². The molecular weight excluding hydrogens is 357 g/mol. The van der Waals surface area contributed by atoms with Crippen molar-refractivity contribution < 1.29 is 29.1 Å². The average Bonchev–Trinajstić information content (AvgIpc) is 2.56. The summed E-state index contributed by atoms with van der Waals surface area (Å²) in [5, 5.41) is 19.3. The normalized spacial score (nSPS) is 15.8. The zero-order chi connectivity index (χ0) is 19.8. The van der Waals surface area contributed by atoms with Crippen LogP contribution in [-0.4, -0.2) is 38.4 Å². The van der Waals surface area contributed by atoms with Gasteiger partial charge in [0.15, 0.2) is 6.29 Å². The molecule has 8 heteroatoms. The van der Waals surface area contributed by atoms with E-state index < -0.39 is 26.3 Å². The molecule has 0 fully saturated rings. The molecular formula is C18H40NO6P. The first-order valence-electron chi connectivity index (χ1n) is 10.1. The Kier molecular flexibility index (Phi) is 16.0. The Bertz CT molecular complexity index is 366. The van der Waals surface area contributed by atoms with Gasteiger partial charge in [-0.1, -0.05) is 90.4 Å². The summed E-state index contributed by atoms with van der Waals surface area (Å²) in [7, 11) is -4.82. The minimum Gasteiger partial charge on any atom is -0.391 e. The monoisotopic (exact) mass is 397 g/mol. The van der Waals surface area contributed by atoms with Crippen LogP contribution in [0.5, 0.6) is 0 Å². The third-order valence-electron chi connectivity index (χ3n) is 4.62. The predicted octanol–water partition coefficient (Wildman–Crippen LogP) is 3.58. The number of unbranched alkanes of at least 4 members (excludes halogenated alkanes) is 12. The summed E-state index contributed by atoms with van der Waals surface area (Å²) in [4.78, 5) is 17.2. The van der Waals surface area contributed by atoms with Crippen molar-refractivity contribution in [1.82, 2.24) is 0 Å². The smallest absolute Gasteiger partial charge is 0.391 e. The first kappa shape index (κ1) is 26.0. The Morgan fingerprint density at radius 3 is 1.58 bits per heavy atom. The summed E-state index contributed by atoms with van der Waals surface area (Å²) < 4.78 is 14.7. The van der Waals surface area contributed by atoms with E-state index in [9.17, 15) is 14.8 Å². The summed E-state index contributed by atoms with van der Waals surface area (Å²) >= 11 is 0. The van der Waals surface area contributed by atoms with Crippen molar-refractivity contribution in [2.75, 3.05) is 0 Å². The molecule has 0 amide bonds. The maximum Gasteiger partial charge on any atom is 0.471 e. The van der Waals surface area contributed by atoms with Gasteiger partial charge in [-0.3, -0.25) is 4.52 Å². The fourth-order valence-electron chi connectivity index (χ4n) is 2.96. The second-order valence-electron chi connectivity index (χ2n) is 7.16. The van der Waals surface area contributed by atoms with E-state index in [0.717, 1.165) is 19.3 Å². The molecule has 6 N–H and O–H groups in total. The maximum atomic E-state index is 10.6. The second-order valence-corrected chi connectivity index (χ2v) is 8.35. The van der Waals surface area contributed by atoms with Crippen LogP contribution >= 0.6 is 7.82 Å². The molecule has 0 spiro atoms. The Morgan fingerprint density at radius 1 is 0.808 bits per heavy atom. The highest BCUT2D eigenvalue weighted by Crippen LogP contribution is 2.37. The van der Waals surface area contributed by atoms with E-state index in [2.05, 4.69) is 11.4 Å². The van der Waals surface area contributed by atoms with Gasteiger partial charge in [-0.15, -0.1) is 0 Å². The quantitative estimate of drug-likeness (QED) is 0.136. The topological polar surface area (TPSA) is 133 Å². The summed E-state index contributed by atoms with van der Waals surface area (Å²) in [5.74, 6) is 0. The highest BCUT2D eigenvalue weighted by atomic mass is 31.2. The molecule has 26 heavy (non-hydrogen) atoms. The number of hydrogen-bond acceptors (Lipinski definition) is 5. The van der Waals surface area contributed by atoms with Crippen LogP contribution in [0.15, 0.2) is 0 Å². The highest BCUT2D eigenvalue weighted by molar-refractivity contribution is 7.46. The molecule has 0 aliphatic carbocycles. The van der Waals surface area contributed by atoms with Gasteiger partial charge in [-0.05, 0) is 6.42 Å². The minimum atomic E-state index is -4.82. The van der Waals surface area contributed by atoms with Gasteiger partial charge >= 0.3 is 7.82 Å². The molecule has 0 radical (unpaired) electrons.